The molecule has 2 rings (SSSR count). The summed E-state index contributed by atoms with van der Waals surface area (Å²) in [5.41, 5.74) is 1.72. The molecule has 1 aliphatic rings. The first-order chi connectivity index (χ1) is 10.8. The second-order valence-corrected chi connectivity index (χ2v) is 4.76. The summed E-state index contributed by atoms with van der Waals surface area (Å²) in [7, 11) is 0. The molecule has 1 aliphatic heterocycles. The Morgan fingerprint density at radius 3 is 2.61 bits per heavy atom. The van der Waals surface area contributed by atoms with Crippen LogP contribution in [0, 0.1) is 26.1 Å². The van der Waals surface area contributed by atoms with Crippen LogP contribution in [-0.2, 0) is 9.53 Å². The van der Waals surface area contributed by atoms with E-state index in [1.165, 1.54) is 6.92 Å². The number of aliphatic hydroxyl groups excluding tert-OH is 1. The number of cyclic esters (lactones) is 1. The molecule has 2 N–H and O–H groups in total. The molecule has 1 aromatic rings. The van der Waals surface area contributed by atoms with Crippen LogP contribution in [0.1, 0.15) is 6.92 Å². The predicted octanol–water partition coefficient (Wildman–Crippen LogP) is 0.825. The lowest BCUT2D eigenvalue weighted by Crippen LogP contribution is -2.27. The molecular weight excluding hydrogens is 312 g/mol. The molecule has 23 heavy (non-hydrogen) atoms. The smallest absolute Gasteiger partial charge is 0.335 e. The van der Waals surface area contributed by atoms with Crippen molar-refractivity contribution in [3.63, 3.8) is 0 Å². The van der Waals surface area contributed by atoms with Crippen LogP contribution in [0.2, 0.25) is 0 Å². The van der Waals surface area contributed by atoms with E-state index >= 15 is 0 Å². The second kappa shape index (κ2) is 6.36. The molecule has 0 amide bonds. The van der Waals surface area contributed by atoms with Gasteiger partial charge < -0.3 is 9.84 Å². The van der Waals surface area contributed by atoms with Gasteiger partial charge in [0.15, 0.2) is 6.10 Å². The van der Waals surface area contributed by atoms with Crippen molar-refractivity contribution in [3.05, 3.63) is 38.4 Å². The lowest BCUT2D eigenvalue weighted by molar-refractivity contribution is -0.393. The number of aliphatic hydroxyl groups is 1. The number of nitrogens with one attached hydrogen (secondary N) is 1. The molecule has 0 saturated carbocycles. The molecule has 0 radical (unpaired) electrons. The van der Waals surface area contributed by atoms with Crippen LogP contribution in [0.15, 0.2) is 23.3 Å². The number of carbonyl (C=O) groups excluding carboxylic acids is 1. The van der Waals surface area contributed by atoms with Crippen molar-refractivity contribution in [2.75, 3.05) is 12.0 Å². The molecular formula is C12H12N4O7. The number of hydrogen-bond acceptors (Lipinski definition) is 9. The number of benzene rings is 1. The van der Waals surface area contributed by atoms with Gasteiger partial charge in [-0.05, 0) is 13.0 Å². The second-order valence-electron chi connectivity index (χ2n) is 4.76. The van der Waals surface area contributed by atoms with E-state index in [-0.39, 0.29) is 12.3 Å². The maximum Gasteiger partial charge on any atom is 0.335 e. The molecule has 122 valence electrons. The first-order valence-corrected chi connectivity index (χ1v) is 6.39. The van der Waals surface area contributed by atoms with E-state index in [1.807, 2.05) is 0 Å². The summed E-state index contributed by atoms with van der Waals surface area (Å²) >= 11 is 0. The summed E-state index contributed by atoms with van der Waals surface area (Å²) in [6.45, 7) is 1.47. The molecule has 0 spiro atoms. The molecule has 1 saturated heterocycles. The fraction of sp³-hybridized carbons (Fsp3) is 0.333. The number of nitro benzene ring substituents is 2. The summed E-state index contributed by atoms with van der Waals surface area (Å²) in [4.78, 5) is 31.2. The Kier molecular flexibility index (Phi) is 4.50. The number of nitro groups is 2. The highest BCUT2D eigenvalue weighted by Gasteiger charge is 2.37. The van der Waals surface area contributed by atoms with E-state index < -0.39 is 39.2 Å². The number of esters is 1. The van der Waals surface area contributed by atoms with Gasteiger partial charge in [-0.3, -0.25) is 25.7 Å². The van der Waals surface area contributed by atoms with Crippen LogP contribution in [-0.4, -0.2) is 39.3 Å². The minimum absolute atomic E-state index is 0.0423. The average molecular weight is 324 g/mol. The van der Waals surface area contributed by atoms with Crippen molar-refractivity contribution in [3.8, 4) is 0 Å². The Hall–Kier alpha value is -3.08. The Morgan fingerprint density at radius 2 is 2.09 bits per heavy atom. The number of nitrogens with zero attached hydrogens (tertiary/aromatic N) is 3. The number of carbonyl (C=O) groups is 1. The van der Waals surface area contributed by atoms with E-state index in [0.29, 0.717) is 5.71 Å². The summed E-state index contributed by atoms with van der Waals surface area (Å²) in [6, 6.07) is 3.06. The minimum Gasteiger partial charge on any atom is -0.463 e. The van der Waals surface area contributed by atoms with Crippen LogP contribution in [0.25, 0.3) is 0 Å². The van der Waals surface area contributed by atoms with Crippen LogP contribution >= 0.6 is 0 Å². The minimum atomic E-state index is -1.34. The van der Waals surface area contributed by atoms with Crippen molar-refractivity contribution < 1.29 is 24.5 Å². The quantitative estimate of drug-likeness (QED) is 0.349. The fourth-order valence-electron chi connectivity index (χ4n) is 1.97. The van der Waals surface area contributed by atoms with Gasteiger partial charge in [-0.2, -0.15) is 5.10 Å². The number of hydrazone groups is 1. The van der Waals surface area contributed by atoms with Gasteiger partial charge in [-0.1, -0.05) is 0 Å². The molecule has 2 unspecified atom stereocenters. The van der Waals surface area contributed by atoms with Crippen LogP contribution in [0.4, 0.5) is 17.1 Å². The molecule has 0 aromatic heterocycles. The largest absolute Gasteiger partial charge is 0.463 e. The lowest BCUT2D eigenvalue weighted by Gasteiger charge is -2.10. The van der Waals surface area contributed by atoms with Gasteiger partial charge in [0.1, 0.15) is 12.3 Å². The van der Waals surface area contributed by atoms with E-state index in [0.717, 1.165) is 18.2 Å². The molecule has 0 aliphatic carbocycles. The Morgan fingerprint density at radius 1 is 1.39 bits per heavy atom. The third-order valence-corrected chi connectivity index (χ3v) is 3.31. The SMILES string of the molecule is C/C(=N\Nc1ccc([N+](=O)[O-])cc1[N+](=O)[O-])C1COC(=O)C1O. The fourth-order valence-corrected chi connectivity index (χ4v) is 1.97. The third kappa shape index (κ3) is 3.40. The monoisotopic (exact) mass is 324 g/mol. The first-order valence-electron chi connectivity index (χ1n) is 6.39. The normalized spacial score (nSPS) is 21.0. The summed E-state index contributed by atoms with van der Waals surface area (Å²) in [6.07, 6.45) is -1.34. The summed E-state index contributed by atoms with van der Waals surface area (Å²) in [5.74, 6) is -1.42. The Bertz CT molecular complexity index is 703. The summed E-state index contributed by atoms with van der Waals surface area (Å²) in [5, 5.41) is 35.1. The van der Waals surface area contributed by atoms with Gasteiger partial charge in [0.2, 0.25) is 0 Å². The maximum absolute atomic E-state index is 11.1. The van der Waals surface area contributed by atoms with Crippen molar-refractivity contribution >= 4 is 28.7 Å². The number of anilines is 1. The van der Waals surface area contributed by atoms with Gasteiger partial charge in [-0.15, -0.1) is 0 Å². The lowest BCUT2D eigenvalue weighted by atomic mass is 10.0. The van der Waals surface area contributed by atoms with E-state index in [9.17, 15) is 30.1 Å². The molecule has 1 fully saturated rings. The molecule has 11 nitrogen and oxygen atoms in total. The van der Waals surface area contributed by atoms with E-state index in [4.69, 9.17) is 0 Å². The maximum atomic E-state index is 11.1. The molecule has 11 heteroatoms. The first kappa shape index (κ1) is 16.3. The van der Waals surface area contributed by atoms with E-state index in [2.05, 4.69) is 15.3 Å². The molecule has 0 bridgehead atoms. The molecule has 1 aromatic carbocycles. The topological polar surface area (TPSA) is 157 Å². The number of rotatable bonds is 5. The van der Waals surface area contributed by atoms with Crippen LogP contribution in [0.5, 0.6) is 0 Å². The van der Waals surface area contributed by atoms with Crippen molar-refractivity contribution in [2.45, 2.75) is 13.0 Å². The zero-order valence-electron chi connectivity index (χ0n) is 11.8. The van der Waals surface area contributed by atoms with Crippen molar-refractivity contribution in [2.24, 2.45) is 11.0 Å². The highest BCUT2D eigenvalue weighted by atomic mass is 16.6. The summed E-state index contributed by atoms with van der Waals surface area (Å²) < 4.78 is 4.67. The van der Waals surface area contributed by atoms with Crippen LogP contribution in [0.3, 0.4) is 0 Å². The average Bonchev–Trinajstić information content (AvgIpc) is 2.84. The highest BCUT2D eigenvalue weighted by molar-refractivity contribution is 5.92. The predicted molar refractivity (Wildman–Crippen MR) is 76.9 cm³/mol. The van der Waals surface area contributed by atoms with Crippen molar-refractivity contribution in [1.29, 1.82) is 0 Å². The van der Waals surface area contributed by atoms with Crippen LogP contribution < -0.4 is 5.43 Å². The molecule has 1 heterocycles. The highest BCUT2D eigenvalue weighted by Crippen LogP contribution is 2.29. The number of ether oxygens (including phenoxy) is 1. The van der Waals surface area contributed by atoms with Gasteiger partial charge in [-0.25, -0.2) is 4.79 Å². The Balaban J connectivity index is 2.22. The molecule has 2 atom stereocenters. The number of non-ortho nitro benzene ring substituents is 1. The standard InChI is InChI=1S/C12H12N4O7/c1-6(8-5-23-12(18)11(8)17)13-14-9-3-2-7(15(19)20)4-10(9)16(21)22/h2-4,8,11,14,17H,5H2,1H3/b13-6+. The Labute approximate surface area is 128 Å². The third-order valence-electron chi connectivity index (χ3n) is 3.31. The van der Waals surface area contributed by atoms with E-state index in [1.54, 1.807) is 0 Å². The number of hydrogen-bond donors (Lipinski definition) is 2. The van der Waals surface area contributed by atoms with Gasteiger partial charge in [0, 0.05) is 11.8 Å². The van der Waals surface area contributed by atoms with Gasteiger partial charge >= 0.3 is 11.7 Å². The zero-order chi connectivity index (χ0) is 17.1. The van der Waals surface area contributed by atoms with Crippen molar-refractivity contribution in [1.82, 2.24) is 0 Å². The van der Waals surface area contributed by atoms with Gasteiger partial charge in [0.05, 0.1) is 21.8 Å². The zero-order valence-corrected chi connectivity index (χ0v) is 11.8. The van der Waals surface area contributed by atoms with Gasteiger partial charge in [0.25, 0.3) is 5.69 Å².